The van der Waals surface area contributed by atoms with Gasteiger partial charge in [-0.3, -0.25) is 33.8 Å². The second kappa shape index (κ2) is 31.4. The first-order valence-corrected chi connectivity index (χ1v) is 36.3. The largest absolute Gasteiger partial charge is 0.497 e. The van der Waals surface area contributed by atoms with Gasteiger partial charge in [-0.2, -0.15) is 0 Å². The Hall–Kier alpha value is -10.9. The molecule has 2 fully saturated rings. The molecule has 1 saturated heterocycles. The Balaban J connectivity index is 0.581. The average molecular weight is 1450 g/mol. The summed E-state index contributed by atoms with van der Waals surface area (Å²) in [5.41, 5.74) is 16.6. The van der Waals surface area contributed by atoms with Gasteiger partial charge in [-0.1, -0.05) is 92.7 Å². The number of nitrogens with one attached hydrogen (secondary N) is 4. The van der Waals surface area contributed by atoms with Crippen LogP contribution in [0.4, 0.5) is 16.2 Å². The van der Waals surface area contributed by atoms with Gasteiger partial charge in [0.1, 0.15) is 12.4 Å². The highest BCUT2D eigenvalue weighted by Crippen LogP contribution is 2.57. The Kier molecular flexibility index (Phi) is 21.8. The van der Waals surface area contributed by atoms with Crippen molar-refractivity contribution in [3.05, 3.63) is 178 Å². The number of carbonyl (C=O) groups excluding carboxylic acids is 8. The first-order valence-electron chi connectivity index (χ1n) is 36.3. The number of amides is 5. The van der Waals surface area contributed by atoms with Gasteiger partial charge in [-0.05, 0) is 140 Å². The lowest BCUT2D eigenvalue weighted by Gasteiger charge is -2.31. The van der Waals surface area contributed by atoms with Gasteiger partial charge < -0.3 is 64.2 Å². The van der Waals surface area contributed by atoms with Gasteiger partial charge >= 0.3 is 12.1 Å². The number of anilines is 2. The number of ketones is 2. The van der Waals surface area contributed by atoms with Crippen molar-refractivity contribution >= 4 is 75.6 Å². The number of benzene rings is 6. The number of hydroxylamine groups is 1. The predicted molar refractivity (Wildman–Crippen MR) is 393 cm³/mol. The van der Waals surface area contributed by atoms with Crippen LogP contribution in [0.5, 0.6) is 28.7 Å². The summed E-state index contributed by atoms with van der Waals surface area (Å²) in [6, 6.07) is 35.3. The Labute approximate surface area is 615 Å². The first kappa shape index (κ1) is 73.4. The minimum Gasteiger partial charge on any atom is -0.497 e. The summed E-state index contributed by atoms with van der Waals surface area (Å²) >= 11 is 0. The van der Waals surface area contributed by atoms with Gasteiger partial charge in [-0.15, -0.1) is 5.53 Å². The second-order valence-electron chi connectivity index (χ2n) is 28.9. The molecular weight excluding hydrogens is 1350 g/mol. The number of nitrogens with zero attached hydrogens (tertiary/aromatic N) is 5. The number of carbonyl (C=O) groups is 8. The molecule has 6 aromatic carbocycles. The molecule has 0 unspecified atom stereocenters. The topological polar surface area (TPSA) is 286 Å². The number of methoxy groups -OCH3 is 3. The van der Waals surface area contributed by atoms with E-state index >= 15 is 0 Å². The Bertz CT molecular complexity index is 4460. The highest BCUT2D eigenvalue weighted by atomic mass is 16.7. The quantitative estimate of drug-likeness (QED) is 0.0300. The zero-order chi connectivity index (χ0) is 74.7. The van der Waals surface area contributed by atoms with Gasteiger partial charge in [0.25, 0.3) is 11.8 Å². The maximum atomic E-state index is 14.5. The van der Waals surface area contributed by atoms with E-state index in [1.54, 1.807) is 68.2 Å². The maximum absolute atomic E-state index is 14.5. The number of aliphatic hydroxyl groups is 1. The number of fused-ring (bicyclic) bond motifs is 8. The molecule has 13 rings (SSSR count). The van der Waals surface area contributed by atoms with Crippen molar-refractivity contribution in [3.63, 3.8) is 0 Å². The van der Waals surface area contributed by atoms with E-state index in [1.165, 1.54) is 26.4 Å². The average Bonchev–Trinajstić information content (AvgIpc) is 1.56. The minimum atomic E-state index is -1.48. The Morgan fingerprint density at radius 2 is 1.41 bits per heavy atom. The van der Waals surface area contributed by atoms with E-state index in [1.807, 2.05) is 95.0 Å². The number of hydrazine groups is 2. The number of Topliss-reactive ketones (excluding diaryl/α,β-unsaturated/α-hetero) is 2. The van der Waals surface area contributed by atoms with Gasteiger partial charge in [0, 0.05) is 79.2 Å². The molecule has 5 amide bonds. The number of aryl methyl sites for hydroxylation is 1. The van der Waals surface area contributed by atoms with Crippen LogP contribution >= 0.6 is 0 Å². The molecule has 6 aliphatic heterocycles. The van der Waals surface area contributed by atoms with Gasteiger partial charge in [0.2, 0.25) is 11.8 Å². The molecule has 25 nitrogen and oxygen atoms in total. The van der Waals surface area contributed by atoms with Crippen molar-refractivity contribution in [2.45, 2.75) is 149 Å². The lowest BCUT2D eigenvalue weighted by atomic mass is 9.89. The number of hydrogen-bond acceptors (Lipinski definition) is 20. The zero-order valence-corrected chi connectivity index (χ0v) is 61.0. The monoisotopic (exact) mass is 1450 g/mol. The van der Waals surface area contributed by atoms with Crippen molar-refractivity contribution in [2.75, 3.05) is 57.6 Å². The Morgan fingerprint density at radius 3 is 2.10 bits per heavy atom. The van der Waals surface area contributed by atoms with Crippen LogP contribution in [-0.4, -0.2) is 145 Å². The second-order valence-corrected chi connectivity index (χ2v) is 28.9. The molecule has 6 heterocycles. The zero-order valence-electron chi connectivity index (χ0n) is 61.0. The third-order valence-corrected chi connectivity index (χ3v) is 21.1. The molecule has 6 aromatic rings. The van der Waals surface area contributed by atoms with Crippen molar-refractivity contribution in [2.24, 2.45) is 17.3 Å². The summed E-state index contributed by atoms with van der Waals surface area (Å²) in [7, 11) is 4.62. The number of aliphatic hydroxyl groups excluding tert-OH is 1. The predicted octanol–water partition coefficient (Wildman–Crippen LogP) is 10.0. The molecule has 7 aliphatic rings. The molecule has 1 aliphatic carbocycles. The van der Waals surface area contributed by atoms with E-state index in [0.29, 0.717) is 59.7 Å². The van der Waals surface area contributed by atoms with Crippen molar-refractivity contribution in [1.29, 1.82) is 0 Å². The Morgan fingerprint density at radius 1 is 0.717 bits per heavy atom. The van der Waals surface area contributed by atoms with Gasteiger partial charge in [0.15, 0.2) is 40.8 Å². The van der Waals surface area contributed by atoms with E-state index in [0.717, 1.165) is 81.1 Å². The maximum Gasteiger partial charge on any atom is 0.416 e. The van der Waals surface area contributed by atoms with E-state index in [9.17, 15) is 43.5 Å². The molecule has 1 spiro atoms. The van der Waals surface area contributed by atoms with E-state index in [4.69, 9.17) is 33.3 Å². The van der Waals surface area contributed by atoms with Crippen LogP contribution in [0.15, 0.2) is 128 Å². The van der Waals surface area contributed by atoms with Gasteiger partial charge in [-0.25, -0.2) is 19.6 Å². The number of hydrogen-bond donors (Lipinski definition) is 5. The SMILES string of the molecule is COc1ccc(C2=CN3C(=O)c4cc(OC)c(OCCCOc5cc6c(cc5OC)C(=O)N5CC7(CC7)C[C@H]5[C@H](O)N6C(=O)OCc5ccc(CC(=O)[C@H](C)NC(=O)[C@@H](CC(=O)CNC(=O)CCC(=O)ON6Cc7ccccc7C7=C(c8ccccc86)N(C(C)C)NN7)C(C)C)cc5)cc4CC[C@@H]3C2)cc1. The molecule has 25 heteroatoms. The van der Waals surface area contributed by atoms with E-state index < -0.39 is 53.9 Å². The lowest BCUT2D eigenvalue weighted by molar-refractivity contribution is -0.146. The van der Waals surface area contributed by atoms with E-state index in [-0.39, 0.29) is 122 Å². The van der Waals surface area contributed by atoms with Crippen molar-refractivity contribution < 1.29 is 76.7 Å². The molecular formula is C81H91N9O16. The number of ether oxygens (including phenoxy) is 6. The van der Waals surface area contributed by atoms with E-state index in [2.05, 4.69) is 35.4 Å². The van der Waals surface area contributed by atoms with Crippen LogP contribution < -0.4 is 55.2 Å². The summed E-state index contributed by atoms with van der Waals surface area (Å²) in [5.74, 6) is -1.85. The highest BCUT2D eigenvalue weighted by molar-refractivity contribution is 6.06. The molecule has 1 saturated carbocycles. The van der Waals surface area contributed by atoms with Crippen LogP contribution in [0.3, 0.4) is 0 Å². The van der Waals surface area contributed by atoms with Crippen LogP contribution in [0, 0.1) is 17.3 Å². The highest BCUT2D eigenvalue weighted by Gasteiger charge is 2.58. The summed E-state index contributed by atoms with van der Waals surface area (Å²) in [6.07, 6.45) is 3.63. The smallest absolute Gasteiger partial charge is 0.416 e. The minimum absolute atomic E-state index is 0.00782. The van der Waals surface area contributed by atoms with Crippen LogP contribution in [0.1, 0.15) is 152 Å². The number of rotatable bonds is 27. The van der Waals surface area contributed by atoms with Crippen LogP contribution in [-0.2, 0) is 59.5 Å². The molecule has 5 N–H and O–H groups in total. The third-order valence-electron chi connectivity index (χ3n) is 21.1. The molecule has 0 bridgehead atoms. The fraction of sp³-hybridized carbons (Fsp3) is 0.407. The van der Waals surface area contributed by atoms with Crippen LogP contribution in [0.2, 0.25) is 0 Å². The normalized spacial score (nSPS) is 18.6. The molecule has 0 aromatic heterocycles. The van der Waals surface area contributed by atoms with Gasteiger partial charge in [0.05, 0.1) is 94.5 Å². The molecule has 106 heavy (non-hydrogen) atoms. The summed E-state index contributed by atoms with van der Waals surface area (Å²) in [5, 5.41) is 21.2. The summed E-state index contributed by atoms with van der Waals surface area (Å²) in [4.78, 5) is 121. The number of para-hydroxylation sites is 1. The fourth-order valence-corrected chi connectivity index (χ4v) is 15.0. The molecule has 5 atom stereocenters. The first-order chi connectivity index (χ1) is 51.1. The summed E-state index contributed by atoms with van der Waals surface area (Å²) < 4.78 is 35.4. The third kappa shape index (κ3) is 15.6. The fourth-order valence-electron chi connectivity index (χ4n) is 15.0. The lowest BCUT2D eigenvalue weighted by Crippen LogP contribution is -2.50. The molecule has 556 valence electrons. The molecule has 0 radical (unpaired) electrons. The van der Waals surface area contributed by atoms with Crippen molar-refractivity contribution in [3.8, 4) is 28.7 Å². The van der Waals surface area contributed by atoms with Crippen molar-refractivity contribution in [1.82, 2.24) is 36.4 Å². The van der Waals surface area contributed by atoms with Crippen LogP contribution in [0.25, 0.3) is 17.0 Å². The summed E-state index contributed by atoms with van der Waals surface area (Å²) in [6.45, 7) is 9.67. The standard InChI is InChI=1S/C81H91N9O16/c1-47(2)61(37-57(91)42-82-72(93)28-29-73(94)106-88-44-54-14-9-10-15-59(54)74-75(90(48(3)4)85-84-74)60-16-11-12-17-64(60)88)76(95)83-49(5)67(92)34-50-18-20-51(21-19-50)45-105-80(99)89-65-40-71(69(102-8)39-63(65)78(97)87-46-81(30-31-81)41-66(87)79(89)98)104-33-13-32-103-70-36-53-22-25-56-35-55(52-23-26-58(100-6)27-24-52)43-86(56)77(96)62(53)38-68(70)101-7/h9-12,14-21,23-24,26-27,36,38-40,43,47-49,56,61,66,79,84-85,98H,13,22,25,28-35,37,41-42,44-46H2,1-8H3,(H,82,93)(H,83,95)/t49-,56+,61-,66-,79-/m0/s1.